The van der Waals surface area contributed by atoms with Crippen molar-refractivity contribution in [2.75, 3.05) is 11.5 Å². The molecule has 0 amide bonds. The van der Waals surface area contributed by atoms with Crippen LogP contribution in [0.2, 0.25) is 0 Å². The molecule has 4 nitrogen and oxygen atoms in total. The van der Waals surface area contributed by atoms with Crippen molar-refractivity contribution in [3.8, 4) is 0 Å². The van der Waals surface area contributed by atoms with Gasteiger partial charge in [0.05, 0.1) is 11.3 Å². The van der Waals surface area contributed by atoms with E-state index in [0.717, 1.165) is 0 Å². The van der Waals surface area contributed by atoms with Gasteiger partial charge in [0.15, 0.2) is 5.78 Å². The first-order valence-electron chi connectivity index (χ1n) is 6.46. The van der Waals surface area contributed by atoms with Crippen molar-refractivity contribution in [3.05, 3.63) is 53.2 Å². The number of benzene rings is 1. The number of aromatic nitrogens is 1. The van der Waals surface area contributed by atoms with Crippen molar-refractivity contribution >= 4 is 17.3 Å². The maximum atomic E-state index is 12.4. The zero-order chi connectivity index (χ0) is 14.9. The summed E-state index contributed by atoms with van der Waals surface area (Å²) in [4.78, 5) is 16.3. The van der Waals surface area contributed by atoms with Crippen molar-refractivity contribution in [1.82, 2.24) is 4.98 Å². The largest absolute Gasteiger partial charge is 0.395 e. The Labute approximate surface area is 118 Å². The van der Waals surface area contributed by atoms with E-state index in [-0.39, 0.29) is 22.7 Å². The number of nitrogens with two attached hydrogens (primary N) is 2. The highest BCUT2D eigenvalue weighted by atomic mass is 16.1. The van der Waals surface area contributed by atoms with Crippen LogP contribution in [0.15, 0.2) is 36.5 Å². The van der Waals surface area contributed by atoms with E-state index in [9.17, 15) is 4.79 Å². The lowest BCUT2D eigenvalue weighted by atomic mass is 9.86. The van der Waals surface area contributed by atoms with Crippen LogP contribution in [-0.2, 0) is 5.41 Å². The number of anilines is 2. The third kappa shape index (κ3) is 2.64. The van der Waals surface area contributed by atoms with Gasteiger partial charge in [-0.3, -0.25) is 4.79 Å². The van der Waals surface area contributed by atoms with Gasteiger partial charge in [0.1, 0.15) is 5.82 Å². The minimum absolute atomic E-state index is 0.0572. The standard InChI is InChI=1S/C16H19N3O/c1-16(2,3)11-6-4-10(5-7-11)14(20)12-8-9-19-15(18)13(12)17/h4-9H,17H2,1-3H3,(H2,18,19). The molecule has 0 saturated heterocycles. The summed E-state index contributed by atoms with van der Waals surface area (Å²) in [6, 6.07) is 9.16. The molecule has 0 bridgehead atoms. The molecule has 2 rings (SSSR count). The molecule has 0 saturated carbocycles. The first-order valence-corrected chi connectivity index (χ1v) is 6.46. The second kappa shape index (κ2) is 4.96. The Morgan fingerprint density at radius 2 is 1.65 bits per heavy atom. The van der Waals surface area contributed by atoms with Crippen LogP contribution in [0.3, 0.4) is 0 Å². The number of hydrogen-bond acceptors (Lipinski definition) is 4. The molecule has 0 fully saturated rings. The van der Waals surface area contributed by atoms with Crippen molar-refractivity contribution in [3.63, 3.8) is 0 Å². The average molecular weight is 269 g/mol. The Morgan fingerprint density at radius 3 is 2.20 bits per heavy atom. The molecule has 20 heavy (non-hydrogen) atoms. The van der Waals surface area contributed by atoms with Crippen LogP contribution >= 0.6 is 0 Å². The molecule has 1 aromatic heterocycles. The monoisotopic (exact) mass is 269 g/mol. The minimum Gasteiger partial charge on any atom is -0.395 e. The van der Waals surface area contributed by atoms with Gasteiger partial charge in [-0.05, 0) is 17.0 Å². The molecule has 0 radical (unpaired) electrons. The number of nitrogens with zero attached hydrogens (tertiary/aromatic N) is 1. The minimum atomic E-state index is -0.142. The van der Waals surface area contributed by atoms with E-state index in [1.165, 1.54) is 11.8 Å². The van der Waals surface area contributed by atoms with E-state index in [1.807, 2.05) is 24.3 Å². The molecular formula is C16H19N3O. The van der Waals surface area contributed by atoms with Crippen LogP contribution in [0.1, 0.15) is 42.3 Å². The predicted octanol–water partition coefficient (Wildman–Crippen LogP) is 2.77. The summed E-state index contributed by atoms with van der Waals surface area (Å²) in [5.74, 6) is 0.0409. The van der Waals surface area contributed by atoms with Gasteiger partial charge < -0.3 is 11.5 Å². The van der Waals surface area contributed by atoms with Crippen LogP contribution < -0.4 is 11.5 Å². The molecule has 0 aliphatic rings. The zero-order valence-electron chi connectivity index (χ0n) is 12.0. The van der Waals surface area contributed by atoms with Gasteiger partial charge in [0.25, 0.3) is 0 Å². The maximum absolute atomic E-state index is 12.4. The number of ketones is 1. The van der Waals surface area contributed by atoms with Gasteiger partial charge in [-0.2, -0.15) is 0 Å². The Balaban J connectivity index is 2.37. The molecule has 1 aromatic carbocycles. The van der Waals surface area contributed by atoms with Gasteiger partial charge in [0, 0.05) is 11.8 Å². The Kier molecular flexibility index (Phi) is 3.49. The summed E-state index contributed by atoms with van der Waals surface area (Å²) in [6.45, 7) is 6.39. The maximum Gasteiger partial charge on any atom is 0.195 e. The Hall–Kier alpha value is -2.36. The summed E-state index contributed by atoms with van der Waals surface area (Å²) in [7, 11) is 0. The molecule has 0 aliphatic heterocycles. The smallest absolute Gasteiger partial charge is 0.195 e. The summed E-state index contributed by atoms with van der Waals surface area (Å²) >= 11 is 0. The average Bonchev–Trinajstić information content (AvgIpc) is 2.40. The first-order chi connectivity index (χ1) is 9.30. The van der Waals surface area contributed by atoms with Gasteiger partial charge in [-0.15, -0.1) is 0 Å². The second-order valence-corrected chi connectivity index (χ2v) is 5.81. The highest BCUT2D eigenvalue weighted by molar-refractivity contribution is 6.13. The summed E-state index contributed by atoms with van der Waals surface area (Å²) < 4.78 is 0. The molecule has 0 unspecified atom stereocenters. The van der Waals surface area contributed by atoms with Crippen molar-refractivity contribution in [2.24, 2.45) is 0 Å². The third-order valence-electron chi connectivity index (χ3n) is 3.28. The van der Waals surface area contributed by atoms with Crippen LogP contribution in [-0.4, -0.2) is 10.8 Å². The second-order valence-electron chi connectivity index (χ2n) is 5.81. The topological polar surface area (TPSA) is 82.0 Å². The quantitative estimate of drug-likeness (QED) is 0.821. The van der Waals surface area contributed by atoms with Gasteiger partial charge in [-0.1, -0.05) is 45.0 Å². The highest BCUT2D eigenvalue weighted by Gasteiger charge is 2.17. The van der Waals surface area contributed by atoms with E-state index < -0.39 is 0 Å². The van der Waals surface area contributed by atoms with Crippen molar-refractivity contribution < 1.29 is 4.79 Å². The molecule has 4 heteroatoms. The number of nitrogen functional groups attached to an aromatic ring is 2. The SMILES string of the molecule is CC(C)(C)c1ccc(C(=O)c2ccnc(N)c2N)cc1. The summed E-state index contributed by atoms with van der Waals surface area (Å²) in [5, 5.41) is 0. The Morgan fingerprint density at radius 1 is 1.05 bits per heavy atom. The van der Waals surface area contributed by atoms with Crippen LogP contribution in [0.5, 0.6) is 0 Å². The van der Waals surface area contributed by atoms with Gasteiger partial charge in [0.2, 0.25) is 0 Å². The molecule has 0 aliphatic carbocycles. The molecule has 104 valence electrons. The first kappa shape index (κ1) is 14.1. The summed E-state index contributed by atoms with van der Waals surface area (Å²) in [6.07, 6.45) is 1.49. The lowest BCUT2D eigenvalue weighted by molar-refractivity contribution is 0.103. The third-order valence-corrected chi connectivity index (χ3v) is 3.28. The van der Waals surface area contributed by atoms with Crippen molar-refractivity contribution in [2.45, 2.75) is 26.2 Å². The number of pyridine rings is 1. The summed E-state index contributed by atoms with van der Waals surface area (Å²) in [5.41, 5.74) is 13.9. The van der Waals surface area contributed by atoms with Gasteiger partial charge >= 0.3 is 0 Å². The Bertz CT molecular complexity index is 640. The van der Waals surface area contributed by atoms with E-state index in [0.29, 0.717) is 11.1 Å². The van der Waals surface area contributed by atoms with Gasteiger partial charge in [-0.25, -0.2) is 4.98 Å². The van der Waals surface area contributed by atoms with E-state index in [1.54, 1.807) is 6.07 Å². The van der Waals surface area contributed by atoms with E-state index >= 15 is 0 Å². The number of carbonyl (C=O) groups excluding carboxylic acids is 1. The van der Waals surface area contributed by atoms with Crippen LogP contribution in [0.4, 0.5) is 11.5 Å². The fourth-order valence-electron chi connectivity index (χ4n) is 1.96. The van der Waals surface area contributed by atoms with E-state index in [4.69, 9.17) is 11.5 Å². The van der Waals surface area contributed by atoms with E-state index in [2.05, 4.69) is 25.8 Å². The number of hydrogen-bond donors (Lipinski definition) is 2. The predicted molar refractivity (Wildman–Crippen MR) is 81.6 cm³/mol. The number of carbonyl (C=O) groups is 1. The number of rotatable bonds is 2. The fourth-order valence-corrected chi connectivity index (χ4v) is 1.96. The molecule has 2 aromatic rings. The molecule has 0 spiro atoms. The lowest BCUT2D eigenvalue weighted by Gasteiger charge is -2.19. The molecular weight excluding hydrogens is 250 g/mol. The fraction of sp³-hybridized carbons (Fsp3) is 0.250. The van der Waals surface area contributed by atoms with Crippen LogP contribution in [0, 0.1) is 0 Å². The highest BCUT2D eigenvalue weighted by Crippen LogP contribution is 2.24. The van der Waals surface area contributed by atoms with Crippen LogP contribution in [0.25, 0.3) is 0 Å². The normalized spacial score (nSPS) is 11.3. The molecule has 0 atom stereocenters. The molecule has 1 heterocycles. The lowest BCUT2D eigenvalue weighted by Crippen LogP contribution is -2.12. The zero-order valence-corrected chi connectivity index (χ0v) is 12.0. The van der Waals surface area contributed by atoms with Crippen molar-refractivity contribution in [1.29, 1.82) is 0 Å². The molecule has 4 N–H and O–H groups in total.